The molecule has 0 saturated carbocycles. The van der Waals surface area contributed by atoms with Crippen molar-refractivity contribution in [3.8, 4) is 5.75 Å². The van der Waals surface area contributed by atoms with E-state index in [0.717, 1.165) is 12.0 Å². The maximum absolute atomic E-state index is 13.4. The Kier molecular flexibility index (Phi) is 10.7. The molecule has 1 N–H and O–H groups in total. The zero-order chi connectivity index (χ0) is 28.4. The third kappa shape index (κ3) is 7.51. The van der Waals surface area contributed by atoms with Crippen molar-refractivity contribution in [2.75, 3.05) is 26.9 Å². The number of esters is 2. The minimum atomic E-state index is -0.932. The fourth-order valence-corrected chi connectivity index (χ4v) is 4.60. The molecule has 1 heterocycles. The Bertz CT molecular complexity index is 1240. The number of allylic oxidation sites excluding steroid dienone is 1. The topological polar surface area (TPSA) is 138 Å². The maximum atomic E-state index is 13.4. The fraction of sp³-hybridized carbons (Fsp3) is 0.414. The van der Waals surface area contributed by atoms with E-state index >= 15 is 0 Å². The van der Waals surface area contributed by atoms with E-state index in [2.05, 4.69) is 4.99 Å². The number of hydrogen-bond donors (Lipinski definition) is 1. The number of benzene rings is 2. The van der Waals surface area contributed by atoms with E-state index in [-0.39, 0.29) is 24.5 Å². The Morgan fingerprint density at radius 2 is 1.85 bits per heavy atom. The minimum absolute atomic E-state index is 0.0706. The van der Waals surface area contributed by atoms with Gasteiger partial charge in [0, 0.05) is 36.8 Å². The highest BCUT2D eigenvalue weighted by Crippen LogP contribution is 2.41. The number of carbonyl (C=O) groups is 2. The first-order valence-electron chi connectivity index (χ1n) is 12.9. The molecule has 2 aromatic rings. The lowest BCUT2D eigenvalue weighted by atomic mass is 9.75. The normalized spacial score (nSPS) is 16.9. The van der Waals surface area contributed by atoms with Crippen molar-refractivity contribution in [3.63, 3.8) is 0 Å². The second kappa shape index (κ2) is 14.2. The monoisotopic (exact) mass is 538 g/mol. The molecule has 208 valence electrons. The summed E-state index contributed by atoms with van der Waals surface area (Å²) in [7, 11) is 1.25. The van der Waals surface area contributed by atoms with E-state index in [4.69, 9.17) is 19.3 Å². The number of nitro groups is 1. The number of aliphatic hydroxyl groups excluding tert-OH is 1. The van der Waals surface area contributed by atoms with Crippen LogP contribution in [0.4, 0.5) is 5.69 Å². The van der Waals surface area contributed by atoms with Crippen molar-refractivity contribution in [3.05, 3.63) is 81.0 Å². The van der Waals surface area contributed by atoms with Crippen LogP contribution in [0.1, 0.15) is 50.2 Å². The average molecular weight is 539 g/mol. The summed E-state index contributed by atoms with van der Waals surface area (Å²) in [6.07, 6.45) is 2.32. The number of aryl methyl sites for hydroxylation is 1. The molecule has 1 aliphatic heterocycles. The second-order valence-electron chi connectivity index (χ2n) is 9.11. The summed E-state index contributed by atoms with van der Waals surface area (Å²) < 4.78 is 16.3. The van der Waals surface area contributed by atoms with E-state index in [1.807, 2.05) is 31.2 Å². The maximum Gasteiger partial charge on any atom is 0.336 e. The number of aliphatic hydroxyl groups is 1. The van der Waals surface area contributed by atoms with Crippen LogP contribution in [0.3, 0.4) is 0 Å². The molecule has 39 heavy (non-hydrogen) atoms. The molecule has 0 amide bonds. The molecular formula is C29H34N2O8. The third-order valence-corrected chi connectivity index (χ3v) is 6.50. The molecular weight excluding hydrogens is 504 g/mol. The number of hydrogen-bond acceptors (Lipinski definition) is 9. The number of nitro benzene ring substituents is 1. The number of ether oxygens (including phenoxy) is 3. The number of non-ortho nitro benzene ring substituents is 1. The van der Waals surface area contributed by atoms with E-state index in [9.17, 15) is 19.7 Å². The smallest absolute Gasteiger partial charge is 0.336 e. The lowest BCUT2D eigenvalue weighted by Gasteiger charge is -2.31. The van der Waals surface area contributed by atoms with Crippen LogP contribution in [-0.4, -0.2) is 54.6 Å². The summed E-state index contributed by atoms with van der Waals surface area (Å²) in [6.45, 7) is 4.06. The largest absolute Gasteiger partial charge is 0.493 e. The summed E-state index contributed by atoms with van der Waals surface area (Å²) in [5.41, 5.74) is 2.50. The van der Waals surface area contributed by atoms with Crippen LogP contribution in [0.25, 0.3) is 0 Å². The highest BCUT2D eigenvalue weighted by molar-refractivity contribution is 6.07. The highest BCUT2D eigenvalue weighted by atomic mass is 16.6. The van der Waals surface area contributed by atoms with Gasteiger partial charge in [-0.05, 0) is 49.4 Å². The average Bonchev–Trinajstić information content (AvgIpc) is 2.95. The molecule has 0 bridgehead atoms. The minimum Gasteiger partial charge on any atom is -0.493 e. The number of nitrogens with zero attached hydrogens (tertiary/aromatic N) is 2. The van der Waals surface area contributed by atoms with Gasteiger partial charge in [0.25, 0.3) is 5.69 Å². The summed E-state index contributed by atoms with van der Waals surface area (Å²) in [6, 6.07) is 13.5. The molecule has 0 aliphatic carbocycles. The van der Waals surface area contributed by atoms with Gasteiger partial charge in [0.1, 0.15) is 11.7 Å². The molecule has 1 aliphatic rings. The van der Waals surface area contributed by atoms with Crippen LogP contribution in [0, 0.1) is 16.0 Å². The van der Waals surface area contributed by atoms with E-state index in [1.54, 1.807) is 13.0 Å². The van der Waals surface area contributed by atoms with Gasteiger partial charge < -0.3 is 19.3 Å². The van der Waals surface area contributed by atoms with E-state index < -0.39 is 28.7 Å². The molecule has 2 unspecified atom stereocenters. The van der Waals surface area contributed by atoms with Gasteiger partial charge in [0.15, 0.2) is 0 Å². The third-order valence-electron chi connectivity index (χ3n) is 6.50. The van der Waals surface area contributed by atoms with Crippen molar-refractivity contribution in [1.29, 1.82) is 0 Å². The molecule has 10 nitrogen and oxygen atoms in total. The van der Waals surface area contributed by atoms with Crippen molar-refractivity contribution in [2.24, 2.45) is 10.9 Å². The number of methoxy groups -OCH3 is 1. The van der Waals surface area contributed by atoms with Gasteiger partial charge >= 0.3 is 11.9 Å². The number of aliphatic imine (C=N–C) groups is 1. The van der Waals surface area contributed by atoms with Crippen LogP contribution in [0.5, 0.6) is 5.75 Å². The molecule has 10 heteroatoms. The standard InChI is InChI=1S/C29H34N2O8/c1-4-24-27(29(34)39-17-7-16-38-23-13-11-20(12-14-23)8-6-15-32)26(25(19(2)30-24)28(33)37-3)21-9-5-10-22(18-21)31(35)36/h5,9-14,18,25-26,32H,4,6-8,15-17H2,1-3H3. The zero-order valence-electron chi connectivity index (χ0n) is 22.4. The van der Waals surface area contributed by atoms with Crippen molar-refractivity contribution >= 4 is 23.3 Å². The highest BCUT2D eigenvalue weighted by Gasteiger charge is 2.43. The van der Waals surface area contributed by atoms with Crippen LogP contribution in [0.2, 0.25) is 0 Å². The summed E-state index contributed by atoms with van der Waals surface area (Å²) >= 11 is 0. The summed E-state index contributed by atoms with van der Waals surface area (Å²) in [5, 5.41) is 20.4. The Morgan fingerprint density at radius 1 is 1.10 bits per heavy atom. The van der Waals surface area contributed by atoms with Crippen molar-refractivity contribution < 1.29 is 33.8 Å². The Morgan fingerprint density at radius 3 is 2.49 bits per heavy atom. The fourth-order valence-electron chi connectivity index (χ4n) is 4.60. The molecule has 0 radical (unpaired) electrons. The van der Waals surface area contributed by atoms with Gasteiger partial charge in [-0.3, -0.25) is 19.9 Å². The molecule has 2 atom stereocenters. The predicted molar refractivity (Wildman–Crippen MR) is 145 cm³/mol. The molecule has 0 fully saturated rings. The van der Waals surface area contributed by atoms with Crippen LogP contribution >= 0.6 is 0 Å². The lowest BCUT2D eigenvalue weighted by molar-refractivity contribution is -0.384. The first kappa shape index (κ1) is 29.5. The van der Waals surface area contributed by atoms with Gasteiger partial charge in [0.2, 0.25) is 0 Å². The molecule has 3 rings (SSSR count). The van der Waals surface area contributed by atoms with E-state index in [1.165, 1.54) is 25.3 Å². The van der Waals surface area contributed by atoms with Crippen LogP contribution in [-0.2, 0) is 25.5 Å². The Hall–Kier alpha value is -4.05. The second-order valence-corrected chi connectivity index (χ2v) is 9.11. The SMILES string of the molecule is CCC1=C(C(=O)OCCCOc2ccc(CCCO)cc2)C(c2cccc([N+](=O)[O-])c2)C(C(=O)OC)C(C)=N1. The Balaban J connectivity index is 1.74. The van der Waals surface area contributed by atoms with Crippen LogP contribution in [0.15, 0.2) is 64.8 Å². The van der Waals surface area contributed by atoms with Gasteiger partial charge in [-0.15, -0.1) is 0 Å². The summed E-state index contributed by atoms with van der Waals surface area (Å²) in [4.78, 5) is 41.6. The quantitative estimate of drug-likeness (QED) is 0.170. The zero-order valence-corrected chi connectivity index (χ0v) is 22.4. The molecule has 0 aromatic heterocycles. The molecule has 0 saturated heterocycles. The van der Waals surface area contributed by atoms with E-state index in [0.29, 0.717) is 48.6 Å². The number of rotatable bonds is 13. The molecule has 0 spiro atoms. The van der Waals surface area contributed by atoms with Gasteiger partial charge in [0.05, 0.1) is 36.5 Å². The predicted octanol–water partition coefficient (Wildman–Crippen LogP) is 4.54. The number of carbonyl (C=O) groups excluding carboxylic acids is 2. The molecule has 2 aromatic carbocycles. The van der Waals surface area contributed by atoms with Gasteiger partial charge in [-0.1, -0.05) is 31.2 Å². The first-order chi connectivity index (χ1) is 18.8. The van der Waals surface area contributed by atoms with Crippen molar-refractivity contribution in [2.45, 2.75) is 45.4 Å². The first-order valence-corrected chi connectivity index (χ1v) is 12.9. The van der Waals surface area contributed by atoms with Gasteiger partial charge in [-0.25, -0.2) is 4.79 Å². The lowest BCUT2D eigenvalue weighted by Crippen LogP contribution is -2.36. The Labute approximate surface area is 227 Å². The summed E-state index contributed by atoms with van der Waals surface area (Å²) in [5.74, 6) is -2.32. The van der Waals surface area contributed by atoms with Crippen LogP contribution < -0.4 is 4.74 Å². The van der Waals surface area contributed by atoms with Gasteiger partial charge in [-0.2, -0.15) is 0 Å². The van der Waals surface area contributed by atoms with Crippen molar-refractivity contribution in [1.82, 2.24) is 0 Å².